The van der Waals surface area contributed by atoms with Crippen molar-refractivity contribution in [2.45, 2.75) is 79.7 Å². The fourth-order valence-corrected chi connectivity index (χ4v) is 5.94. The smallest absolute Gasteiger partial charge is 0.350 e. The molecule has 1 aromatic rings. The van der Waals surface area contributed by atoms with E-state index in [9.17, 15) is 9.36 Å². The Balaban J connectivity index is 3.52. The third-order valence-corrected chi connectivity index (χ3v) is 7.25. The van der Waals surface area contributed by atoms with Crippen molar-refractivity contribution in [2.24, 2.45) is 5.41 Å². The number of hydrogen-bond donors (Lipinski definition) is 0. The summed E-state index contributed by atoms with van der Waals surface area (Å²) in [5.74, 6) is -1.10. The predicted molar refractivity (Wildman–Crippen MR) is 123 cm³/mol. The van der Waals surface area contributed by atoms with E-state index in [0.29, 0.717) is 0 Å². The fourth-order valence-electron chi connectivity index (χ4n) is 3.26. The minimum Gasteiger partial charge on any atom is -0.463 e. The van der Waals surface area contributed by atoms with E-state index >= 15 is 0 Å². The van der Waals surface area contributed by atoms with Crippen LogP contribution in [-0.4, -0.2) is 42.2 Å². The highest BCUT2D eigenvalue weighted by Crippen LogP contribution is 2.61. The molecule has 178 valence electrons. The van der Waals surface area contributed by atoms with Gasteiger partial charge < -0.3 is 13.8 Å². The third kappa shape index (κ3) is 8.32. The monoisotopic (exact) mass is 457 g/mol. The first-order chi connectivity index (χ1) is 14.3. The number of benzene rings is 1. The van der Waals surface area contributed by atoms with E-state index in [1.807, 2.05) is 71.9 Å². The van der Waals surface area contributed by atoms with Gasteiger partial charge >= 0.3 is 13.6 Å². The summed E-state index contributed by atoms with van der Waals surface area (Å²) in [6.07, 6.45) is -0.592. The molecule has 0 fully saturated rings. The zero-order valence-electron chi connectivity index (χ0n) is 20.5. The van der Waals surface area contributed by atoms with Crippen LogP contribution in [0.1, 0.15) is 74.0 Å². The van der Waals surface area contributed by atoms with Crippen molar-refractivity contribution in [3.05, 3.63) is 35.9 Å². The summed E-state index contributed by atoms with van der Waals surface area (Å²) in [5.41, 5.74) is -0.241. The second-order valence-electron chi connectivity index (χ2n) is 9.42. The Morgan fingerprint density at radius 1 is 1.00 bits per heavy atom. The minimum absolute atomic E-state index is 0.0242. The lowest BCUT2D eigenvalue weighted by molar-refractivity contribution is -0.275. The second kappa shape index (κ2) is 11.6. The third-order valence-electron chi connectivity index (χ3n) is 4.43. The van der Waals surface area contributed by atoms with Crippen LogP contribution >= 0.6 is 7.60 Å². The van der Waals surface area contributed by atoms with Crippen LogP contribution in [0.2, 0.25) is 0 Å². The predicted octanol–water partition coefficient (Wildman–Crippen LogP) is 5.96. The molecule has 0 aromatic heterocycles. The molecule has 2 atom stereocenters. The summed E-state index contributed by atoms with van der Waals surface area (Å²) in [6.45, 7) is 17.3. The zero-order chi connectivity index (χ0) is 23.9. The van der Waals surface area contributed by atoms with Crippen LogP contribution < -0.4 is 0 Å². The number of hydroxylamine groups is 2. The van der Waals surface area contributed by atoms with Gasteiger partial charge in [-0.15, -0.1) is 0 Å². The molecule has 1 rings (SSSR count). The van der Waals surface area contributed by atoms with Crippen LogP contribution in [0.3, 0.4) is 0 Å². The highest BCUT2D eigenvalue weighted by Gasteiger charge is 2.51. The summed E-state index contributed by atoms with van der Waals surface area (Å²) in [6, 6.07) is 9.52. The van der Waals surface area contributed by atoms with Crippen LogP contribution in [0.5, 0.6) is 0 Å². The van der Waals surface area contributed by atoms with Gasteiger partial charge in [0.25, 0.3) is 0 Å². The highest BCUT2D eigenvalue weighted by molar-refractivity contribution is 7.54. The summed E-state index contributed by atoms with van der Waals surface area (Å²) < 4.78 is 30.8. The van der Waals surface area contributed by atoms with Crippen LogP contribution in [0.15, 0.2) is 30.3 Å². The van der Waals surface area contributed by atoms with Gasteiger partial charge in [0.05, 0.1) is 13.2 Å². The second-order valence-corrected chi connectivity index (χ2v) is 11.5. The molecule has 0 amide bonds. The van der Waals surface area contributed by atoms with Gasteiger partial charge in [-0.2, -0.15) is 5.06 Å². The molecule has 0 spiro atoms. The molecule has 7 nitrogen and oxygen atoms in total. The largest absolute Gasteiger partial charge is 0.463 e. The Labute approximate surface area is 187 Å². The van der Waals surface area contributed by atoms with Gasteiger partial charge in [-0.25, -0.2) is 0 Å². The Morgan fingerprint density at radius 3 is 1.90 bits per heavy atom. The molecule has 0 radical (unpaired) electrons. The Hall–Kier alpha value is -1.24. The van der Waals surface area contributed by atoms with Gasteiger partial charge in [0.2, 0.25) is 0 Å². The summed E-state index contributed by atoms with van der Waals surface area (Å²) >= 11 is 0. The standard InChI is InChI=1S/C23H40NO6P/c1-10-28-31(26,29-11-2)21(22(4,5)6)24(23(7,8)9)30-20(17-27-18(3)25)19-15-13-12-14-16-19/h12-16,20-21H,10-11,17H2,1-9H3. The lowest BCUT2D eigenvalue weighted by Gasteiger charge is -2.48. The molecule has 0 saturated carbocycles. The van der Waals surface area contributed by atoms with E-state index < -0.39 is 36.4 Å². The molecule has 31 heavy (non-hydrogen) atoms. The van der Waals surface area contributed by atoms with Crippen molar-refractivity contribution < 1.29 is 28.0 Å². The first-order valence-corrected chi connectivity index (χ1v) is 12.4. The van der Waals surface area contributed by atoms with E-state index in [2.05, 4.69) is 0 Å². The summed E-state index contributed by atoms with van der Waals surface area (Å²) in [5, 5.41) is 1.71. The average molecular weight is 458 g/mol. The van der Waals surface area contributed by atoms with Crippen molar-refractivity contribution in [3.63, 3.8) is 0 Å². The van der Waals surface area contributed by atoms with Crippen molar-refractivity contribution in [2.75, 3.05) is 19.8 Å². The topological polar surface area (TPSA) is 74.3 Å². The number of carbonyl (C=O) groups is 1. The van der Waals surface area contributed by atoms with E-state index in [-0.39, 0.29) is 19.8 Å². The zero-order valence-corrected chi connectivity index (χ0v) is 21.4. The maximum Gasteiger partial charge on any atom is 0.350 e. The van der Waals surface area contributed by atoms with Gasteiger partial charge in [0.15, 0.2) is 0 Å². The molecular formula is C23H40NO6P. The normalized spacial score (nSPS) is 15.0. The Morgan fingerprint density at radius 2 is 1.52 bits per heavy atom. The van der Waals surface area contributed by atoms with Crippen molar-refractivity contribution in [3.8, 4) is 0 Å². The first-order valence-electron chi connectivity index (χ1n) is 10.8. The fraction of sp³-hybridized carbons (Fsp3) is 0.696. The van der Waals surface area contributed by atoms with E-state index in [1.54, 1.807) is 18.9 Å². The Bertz CT molecular complexity index is 716. The maximum absolute atomic E-state index is 14.0. The van der Waals surface area contributed by atoms with Crippen LogP contribution in [0, 0.1) is 5.41 Å². The lowest BCUT2D eigenvalue weighted by atomic mass is 9.94. The summed E-state index contributed by atoms with van der Waals surface area (Å²) in [4.78, 5) is 18.0. The summed E-state index contributed by atoms with van der Waals surface area (Å²) in [7, 11) is -3.60. The first kappa shape index (κ1) is 27.8. The molecule has 0 saturated heterocycles. The number of rotatable bonds is 11. The molecule has 0 bridgehead atoms. The van der Waals surface area contributed by atoms with E-state index in [1.165, 1.54) is 6.92 Å². The maximum atomic E-state index is 14.0. The van der Waals surface area contributed by atoms with Gasteiger partial charge in [0.1, 0.15) is 18.5 Å². The molecular weight excluding hydrogens is 417 g/mol. The van der Waals surface area contributed by atoms with Crippen molar-refractivity contribution in [1.82, 2.24) is 5.06 Å². The number of hydrogen-bond acceptors (Lipinski definition) is 7. The SMILES string of the molecule is CCOP(=O)(OCC)C(N(OC(COC(C)=O)c1ccccc1)C(C)(C)C)C(C)(C)C. The van der Waals surface area contributed by atoms with E-state index in [0.717, 1.165) is 5.56 Å². The molecule has 0 aliphatic carbocycles. The van der Waals surface area contributed by atoms with Crippen molar-refractivity contribution >= 4 is 13.6 Å². The van der Waals surface area contributed by atoms with Crippen LogP contribution in [-0.2, 0) is 28.0 Å². The van der Waals surface area contributed by atoms with Crippen LogP contribution in [0.4, 0.5) is 0 Å². The molecule has 0 heterocycles. The lowest BCUT2D eigenvalue weighted by Crippen LogP contribution is -2.54. The number of ether oxygens (including phenoxy) is 1. The van der Waals surface area contributed by atoms with E-state index in [4.69, 9.17) is 18.6 Å². The average Bonchev–Trinajstić information content (AvgIpc) is 2.63. The van der Waals surface area contributed by atoms with Crippen molar-refractivity contribution in [1.29, 1.82) is 0 Å². The number of esters is 1. The van der Waals surface area contributed by atoms with Gasteiger partial charge in [-0.05, 0) is 45.6 Å². The minimum atomic E-state index is -3.60. The highest BCUT2D eigenvalue weighted by atomic mass is 31.2. The van der Waals surface area contributed by atoms with Gasteiger partial charge in [-0.1, -0.05) is 51.1 Å². The number of carbonyl (C=O) groups excluding carboxylic acids is 1. The quantitative estimate of drug-likeness (QED) is 0.230. The molecule has 0 aliphatic rings. The van der Waals surface area contributed by atoms with Gasteiger partial charge in [0, 0.05) is 12.5 Å². The van der Waals surface area contributed by atoms with Crippen LogP contribution in [0.25, 0.3) is 0 Å². The molecule has 8 heteroatoms. The molecule has 0 aliphatic heterocycles. The van der Waals surface area contributed by atoms with Gasteiger partial charge in [-0.3, -0.25) is 14.2 Å². The number of nitrogens with zero attached hydrogens (tertiary/aromatic N) is 1. The Kier molecular flexibility index (Phi) is 10.4. The molecule has 0 N–H and O–H groups in total. The molecule has 2 unspecified atom stereocenters. The molecule has 1 aromatic carbocycles.